The van der Waals surface area contributed by atoms with Gasteiger partial charge in [-0.2, -0.15) is 18.3 Å². The van der Waals surface area contributed by atoms with Crippen LogP contribution in [0.1, 0.15) is 23.2 Å². The third-order valence-corrected chi connectivity index (χ3v) is 5.63. The summed E-state index contributed by atoms with van der Waals surface area (Å²) >= 11 is 0. The Morgan fingerprint density at radius 2 is 2.02 bits per heavy atom. The minimum absolute atomic E-state index is 0.0409. The molecule has 41 heavy (non-hydrogen) atoms. The predicted molar refractivity (Wildman–Crippen MR) is 140 cm³/mol. The molecule has 0 saturated heterocycles. The molecule has 0 saturated carbocycles. The van der Waals surface area contributed by atoms with Crippen LogP contribution in [0, 0.1) is 0 Å². The van der Waals surface area contributed by atoms with Crippen molar-refractivity contribution in [3.05, 3.63) is 60.1 Å². The maximum Gasteiger partial charge on any atom is 0.418 e. The maximum atomic E-state index is 13.9. The number of aromatic amines is 1. The van der Waals surface area contributed by atoms with Crippen molar-refractivity contribution in [2.24, 2.45) is 4.99 Å². The van der Waals surface area contributed by atoms with Crippen molar-refractivity contribution in [3.8, 4) is 0 Å². The second kappa shape index (κ2) is 13.5. The van der Waals surface area contributed by atoms with Gasteiger partial charge in [0.15, 0.2) is 5.96 Å². The number of halogens is 5. The highest BCUT2D eigenvalue weighted by molar-refractivity contribution is 6.09. The molecule has 2 heterocycles. The van der Waals surface area contributed by atoms with Crippen LogP contribution >= 0.6 is 0 Å². The number of nitrogens with one attached hydrogen (secondary N) is 5. The molecule has 6 N–H and O–H groups in total. The average molecular weight is 584 g/mol. The van der Waals surface area contributed by atoms with E-state index in [0.717, 1.165) is 6.08 Å². The molecule has 1 aromatic heterocycles. The Bertz CT molecular complexity index is 1400. The zero-order valence-corrected chi connectivity index (χ0v) is 21.3. The lowest BCUT2D eigenvalue weighted by Gasteiger charge is -2.19. The first-order chi connectivity index (χ1) is 19.4. The van der Waals surface area contributed by atoms with Gasteiger partial charge in [-0.25, -0.2) is 13.8 Å². The molecule has 1 aliphatic heterocycles. The van der Waals surface area contributed by atoms with Gasteiger partial charge in [-0.15, -0.1) is 0 Å². The zero-order chi connectivity index (χ0) is 30.2. The zero-order valence-electron chi connectivity index (χ0n) is 21.3. The number of benzene rings is 1. The fourth-order valence-electron chi connectivity index (χ4n) is 3.79. The van der Waals surface area contributed by atoms with E-state index < -0.39 is 67.0 Å². The summed E-state index contributed by atoms with van der Waals surface area (Å²) in [7, 11) is 0. The number of aliphatic carboxylic acids is 1. The summed E-state index contributed by atoms with van der Waals surface area (Å²) in [6.45, 7) is 2.49. The van der Waals surface area contributed by atoms with Gasteiger partial charge in [0.2, 0.25) is 5.91 Å². The number of carbonyl (C=O) groups excluding carboxylic acids is 2. The van der Waals surface area contributed by atoms with Crippen LogP contribution in [-0.2, 0) is 9.59 Å². The van der Waals surface area contributed by atoms with Gasteiger partial charge in [0.25, 0.3) is 5.91 Å². The molecule has 1 aliphatic rings. The summed E-state index contributed by atoms with van der Waals surface area (Å²) in [5.41, 5.74) is -0.704. The Morgan fingerprint density at radius 3 is 2.66 bits per heavy atom. The average Bonchev–Trinajstić information content (AvgIpc) is 3.36. The van der Waals surface area contributed by atoms with Crippen molar-refractivity contribution >= 4 is 40.3 Å². The van der Waals surface area contributed by atoms with Crippen molar-refractivity contribution in [1.82, 2.24) is 26.1 Å². The second-order valence-electron chi connectivity index (χ2n) is 8.79. The van der Waals surface area contributed by atoms with E-state index in [1.54, 1.807) is 6.07 Å². The predicted octanol–water partition coefficient (Wildman–Crippen LogP) is 2.88. The van der Waals surface area contributed by atoms with Crippen molar-refractivity contribution in [1.29, 1.82) is 0 Å². The normalized spacial score (nSPS) is 16.8. The van der Waals surface area contributed by atoms with Crippen LogP contribution in [0.3, 0.4) is 0 Å². The van der Waals surface area contributed by atoms with Gasteiger partial charge in [-0.05, 0) is 24.6 Å². The first-order valence-electron chi connectivity index (χ1n) is 12.1. The molecule has 0 aliphatic carbocycles. The van der Waals surface area contributed by atoms with Gasteiger partial charge in [-0.1, -0.05) is 18.7 Å². The van der Waals surface area contributed by atoms with Crippen LogP contribution in [0.4, 0.5) is 27.6 Å². The Labute approximate surface area is 229 Å². The highest BCUT2D eigenvalue weighted by Gasteiger charge is 2.36. The summed E-state index contributed by atoms with van der Waals surface area (Å²) in [6.07, 6.45) is -4.50. The number of carbonyl (C=O) groups is 3. The number of aliphatic imine (C=N–C) groups is 1. The van der Waals surface area contributed by atoms with Crippen molar-refractivity contribution < 1.29 is 41.4 Å². The number of alkyl halides is 4. The Hall–Kier alpha value is -4.76. The fraction of sp³-hybridized carbons (Fsp3) is 0.320. The molecule has 0 fully saturated rings. The van der Waals surface area contributed by atoms with Crippen LogP contribution in [0.25, 0.3) is 10.9 Å². The maximum absolute atomic E-state index is 13.9. The minimum atomic E-state index is -5.08. The molecule has 2 aromatic rings. The third-order valence-electron chi connectivity index (χ3n) is 5.63. The molecule has 0 spiro atoms. The number of fused-ring (bicyclic) bond motifs is 1. The first-order valence-corrected chi connectivity index (χ1v) is 12.1. The first kappa shape index (κ1) is 30.8. The van der Waals surface area contributed by atoms with E-state index in [1.165, 1.54) is 12.3 Å². The minimum Gasteiger partial charge on any atom is -0.481 e. The summed E-state index contributed by atoms with van der Waals surface area (Å²) < 4.78 is 66.9. The number of hydrogen-bond acceptors (Lipinski definition) is 7. The number of allylic oxidation sites excluding steroid dienone is 4. The monoisotopic (exact) mass is 583 g/mol. The number of carboxylic acids is 1. The molecule has 220 valence electrons. The molecule has 2 unspecified atom stereocenters. The SMILES string of the molecule is C=C/C=C(F)\C(=C/CC(CC(=O)O)NC(=O)CNC(=O)c1cc(NC2=NCC(F)CN2)cc2[nH]ncc12)C(F)(F)F. The second-order valence-corrected chi connectivity index (χ2v) is 8.79. The van der Waals surface area contributed by atoms with Crippen LogP contribution in [-0.4, -0.2) is 77.1 Å². The Balaban J connectivity index is 1.69. The van der Waals surface area contributed by atoms with Gasteiger partial charge in [0.1, 0.15) is 12.0 Å². The topological polar surface area (TPSA) is 161 Å². The number of nitrogens with zero attached hydrogens (tertiary/aromatic N) is 2. The molecule has 0 radical (unpaired) electrons. The number of amides is 2. The van der Waals surface area contributed by atoms with Gasteiger partial charge in [0, 0.05) is 17.1 Å². The van der Waals surface area contributed by atoms with E-state index in [4.69, 9.17) is 5.11 Å². The van der Waals surface area contributed by atoms with E-state index in [9.17, 15) is 36.3 Å². The molecular weight excluding hydrogens is 557 g/mol. The highest BCUT2D eigenvalue weighted by Crippen LogP contribution is 2.32. The lowest BCUT2D eigenvalue weighted by molar-refractivity contribution is -0.137. The lowest BCUT2D eigenvalue weighted by Crippen LogP contribution is -2.43. The fourth-order valence-corrected chi connectivity index (χ4v) is 3.79. The number of carboxylic acid groups (broad SMARTS) is 1. The summed E-state index contributed by atoms with van der Waals surface area (Å²) in [5.74, 6) is -4.37. The van der Waals surface area contributed by atoms with Gasteiger partial charge < -0.3 is 26.4 Å². The molecular formula is C25H26F5N7O4. The molecule has 1 aromatic carbocycles. The van der Waals surface area contributed by atoms with E-state index in [-0.39, 0.29) is 24.6 Å². The molecule has 2 atom stereocenters. The van der Waals surface area contributed by atoms with Gasteiger partial charge >= 0.3 is 12.1 Å². The van der Waals surface area contributed by atoms with Crippen LogP contribution < -0.4 is 21.3 Å². The molecule has 3 rings (SSSR count). The number of aromatic nitrogens is 2. The van der Waals surface area contributed by atoms with Crippen LogP contribution in [0.5, 0.6) is 0 Å². The van der Waals surface area contributed by atoms with Crippen LogP contribution in [0.15, 0.2) is 59.5 Å². The van der Waals surface area contributed by atoms with E-state index in [0.29, 0.717) is 28.7 Å². The highest BCUT2D eigenvalue weighted by atomic mass is 19.4. The summed E-state index contributed by atoms with van der Waals surface area (Å²) in [6, 6.07) is 1.73. The van der Waals surface area contributed by atoms with E-state index >= 15 is 0 Å². The lowest BCUT2D eigenvalue weighted by atomic mass is 10.1. The van der Waals surface area contributed by atoms with Crippen molar-refractivity contribution in [3.63, 3.8) is 0 Å². The quantitative estimate of drug-likeness (QED) is 0.175. The molecule has 11 nitrogen and oxygen atoms in total. The Morgan fingerprint density at radius 1 is 1.27 bits per heavy atom. The molecule has 16 heteroatoms. The van der Waals surface area contributed by atoms with E-state index in [2.05, 4.69) is 43.0 Å². The summed E-state index contributed by atoms with van der Waals surface area (Å²) in [4.78, 5) is 40.6. The Kier molecular flexibility index (Phi) is 10.2. The number of hydrogen-bond donors (Lipinski definition) is 6. The number of anilines is 1. The summed E-state index contributed by atoms with van der Waals surface area (Å²) in [5, 5.41) is 26.4. The van der Waals surface area contributed by atoms with Crippen molar-refractivity contribution in [2.75, 3.05) is 25.0 Å². The molecule has 0 bridgehead atoms. The van der Waals surface area contributed by atoms with Crippen molar-refractivity contribution in [2.45, 2.75) is 31.2 Å². The van der Waals surface area contributed by atoms with Crippen LogP contribution in [0.2, 0.25) is 0 Å². The standard InChI is InChI=1S/C25H26F5N7O4/c1-2-3-19(27)18(25(28,29)30)5-4-14(8-22(39)40)35-21(38)12-31-23(41)16-6-15(7-20-17(16)11-34-37-20)36-24-32-9-13(26)10-33-24/h2-3,5-7,11,13-14H,1,4,8-10,12H2,(H,31,41)(H,34,37)(H,35,38)(H,39,40)(H2,32,33,36)/b18-5+,19-3+. The number of guanidine groups is 1. The largest absolute Gasteiger partial charge is 0.481 e. The number of rotatable bonds is 11. The smallest absolute Gasteiger partial charge is 0.418 e. The third kappa shape index (κ3) is 8.87. The number of H-pyrrole nitrogens is 1. The van der Waals surface area contributed by atoms with E-state index in [1.807, 2.05) is 0 Å². The molecule has 2 amide bonds. The van der Waals surface area contributed by atoms with Gasteiger partial charge in [-0.3, -0.25) is 19.5 Å². The van der Waals surface area contributed by atoms with Gasteiger partial charge in [0.05, 0.1) is 48.9 Å².